The smallest absolute Gasteiger partial charge is 0.255 e. The summed E-state index contributed by atoms with van der Waals surface area (Å²) in [5, 5.41) is 0. The van der Waals surface area contributed by atoms with E-state index in [0.29, 0.717) is 12.1 Å². The maximum absolute atomic E-state index is 12.7. The molecule has 0 unspecified atom stereocenters. The fraction of sp³-hybridized carbons (Fsp3) is 0.400. The SMILES string of the molecule is CCN1CCN(c2cncc(C(=O)N(C)Cc3ccccc3)c2)CC1. The molecule has 5 nitrogen and oxygen atoms in total. The normalized spacial score (nSPS) is 15.2. The fourth-order valence-corrected chi connectivity index (χ4v) is 3.19. The van der Waals surface area contributed by atoms with Crippen molar-refractivity contribution in [3.05, 3.63) is 59.9 Å². The van der Waals surface area contributed by atoms with Gasteiger partial charge in [-0.3, -0.25) is 9.78 Å². The molecule has 0 N–H and O–H groups in total. The van der Waals surface area contributed by atoms with Gasteiger partial charge in [0.1, 0.15) is 0 Å². The number of rotatable bonds is 5. The Bertz CT molecular complexity index is 696. The highest BCUT2D eigenvalue weighted by Crippen LogP contribution is 2.18. The summed E-state index contributed by atoms with van der Waals surface area (Å²) in [6.45, 7) is 7.96. The Kier molecular flexibility index (Phi) is 5.66. The molecule has 0 saturated carbocycles. The number of hydrogen-bond donors (Lipinski definition) is 0. The summed E-state index contributed by atoms with van der Waals surface area (Å²) in [4.78, 5) is 23.5. The summed E-state index contributed by atoms with van der Waals surface area (Å²) in [7, 11) is 1.84. The van der Waals surface area contributed by atoms with Crippen LogP contribution in [-0.2, 0) is 6.54 Å². The van der Waals surface area contributed by atoms with Crippen LogP contribution in [0.4, 0.5) is 5.69 Å². The number of anilines is 1. The van der Waals surface area contributed by atoms with Crippen LogP contribution in [0.5, 0.6) is 0 Å². The first-order chi connectivity index (χ1) is 12.2. The number of hydrogen-bond acceptors (Lipinski definition) is 4. The molecule has 1 aromatic heterocycles. The van der Waals surface area contributed by atoms with E-state index in [1.165, 1.54) is 0 Å². The first-order valence-electron chi connectivity index (χ1n) is 8.89. The molecule has 25 heavy (non-hydrogen) atoms. The van der Waals surface area contributed by atoms with Gasteiger partial charge < -0.3 is 14.7 Å². The zero-order valence-corrected chi connectivity index (χ0v) is 15.1. The van der Waals surface area contributed by atoms with Gasteiger partial charge in [0.25, 0.3) is 5.91 Å². The van der Waals surface area contributed by atoms with E-state index in [4.69, 9.17) is 0 Å². The predicted octanol–water partition coefficient (Wildman–Crippen LogP) is 2.50. The van der Waals surface area contributed by atoms with Crippen LogP contribution in [0.15, 0.2) is 48.8 Å². The van der Waals surface area contributed by atoms with Crippen molar-refractivity contribution in [1.82, 2.24) is 14.8 Å². The molecule has 0 radical (unpaired) electrons. The summed E-state index contributed by atoms with van der Waals surface area (Å²) in [6.07, 6.45) is 3.52. The Morgan fingerprint density at radius 3 is 2.52 bits per heavy atom. The van der Waals surface area contributed by atoms with Gasteiger partial charge in [0, 0.05) is 46.0 Å². The van der Waals surface area contributed by atoms with Gasteiger partial charge in [-0.15, -0.1) is 0 Å². The van der Waals surface area contributed by atoms with E-state index in [0.717, 1.165) is 44.0 Å². The number of carbonyl (C=O) groups excluding carboxylic acids is 1. The highest BCUT2D eigenvalue weighted by molar-refractivity contribution is 5.94. The van der Waals surface area contributed by atoms with E-state index in [9.17, 15) is 4.79 Å². The number of likely N-dealkylation sites (N-methyl/N-ethyl adjacent to an activating group) is 1. The summed E-state index contributed by atoms with van der Waals surface area (Å²) < 4.78 is 0. The molecule has 0 bridgehead atoms. The Labute approximate surface area is 149 Å². The molecule has 1 aromatic carbocycles. The molecule has 0 spiro atoms. The lowest BCUT2D eigenvalue weighted by Crippen LogP contribution is -2.46. The molecular weight excluding hydrogens is 312 g/mol. The number of aromatic nitrogens is 1. The number of carbonyl (C=O) groups is 1. The molecule has 1 amide bonds. The minimum Gasteiger partial charge on any atom is -0.368 e. The van der Waals surface area contributed by atoms with E-state index in [1.54, 1.807) is 11.1 Å². The zero-order valence-electron chi connectivity index (χ0n) is 15.1. The van der Waals surface area contributed by atoms with Crippen molar-refractivity contribution in [1.29, 1.82) is 0 Å². The van der Waals surface area contributed by atoms with Crippen molar-refractivity contribution in [2.45, 2.75) is 13.5 Å². The maximum atomic E-state index is 12.7. The lowest BCUT2D eigenvalue weighted by molar-refractivity contribution is 0.0784. The van der Waals surface area contributed by atoms with Crippen molar-refractivity contribution in [2.24, 2.45) is 0 Å². The predicted molar refractivity (Wildman–Crippen MR) is 101 cm³/mol. The van der Waals surface area contributed by atoms with Crippen molar-refractivity contribution < 1.29 is 4.79 Å². The van der Waals surface area contributed by atoms with E-state index in [-0.39, 0.29) is 5.91 Å². The largest absolute Gasteiger partial charge is 0.368 e. The number of amides is 1. The van der Waals surface area contributed by atoms with Gasteiger partial charge in [-0.2, -0.15) is 0 Å². The molecule has 3 rings (SSSR count). The molecule has 1 aliphatic heterocycles. The zero-order chi connectivity index (χ0) is 17.6. The Morgan fingerprint density at radius 1 is 1.12 bits per heavy atom. The van der Waals surface area contributed by atoms with Gasteiger partial charge in [0.05, 0.1) is 17.4 Å². The van der Waals surface area contributed by atoms with Gasteiger partial charge in [-0.05, 0) is 18.2 Å². The molecule has 5 heteroatoms. The average molecular weight is 338 g/mol. The second-order valence-electron chi connectivity index (χ2n) is 6.50. The molecular formula is C20H26N4O. The van der Waals surface area contributed by atoms with Crippen LogP contribution in [0.25, 0.3) is 0 Å². The molecule has 1 fully saturated rings. The summed E-state index contributed by atoms with van der Waals surface area (Å²) in [6, 6.07) is 12.0. The van der Waals surface area contributed by atoms with E-state index in [2.05, 4.69) is 21.7 Å². The van der Waals surface area contributed by atoms with Crippen LogP contribution in [0.1, 0.15) is 22.8 Å². The first-order valence-corrected chi connectivity index (χ1v) is 8.89. The third-order valence-electron chi connectivity index (χ3n) is 4.76. The third kappa shape index (κ3) is 4.37. The van der Waals surface area contributed by atoms with Crippen LogP contribution in [0, 0.1) is 0 Å². The van der Waals surface area contributed by atoms with E-state index >= 15 is 0 Å². The quantitative estimate of drug-likeness (QED) is 0.840. The summed E-state index contributed by atoms with van der Waals surface area (Å²) in [5.74, 6) is 0.00500. The van der Waals surface area contributed by atoms with Crippen LogP contribution in [0.2, 0.25) is 0 Å². The van der Waals surface area contributed by atoms with Crippen LogP contribution in [0.3, 0.4) is 0 Å². The van der Waals surface area contributed by atoms with Crippen molar-refractivity contribution in [3.63, 3.8) is 0 Å². The topological polar surface area (TPSA) is 39.7 Å². The number of pyridine rings is 1. The van der Waals surface area contributed by atoms with E-state index in [1.807, 2.05) is 49.6 Å². The molecule has 0 aliphatic carbocycles. The lowest BCUT2D eigenvalue weighted by Gasteiger charge is -2.35. The second kappa shape index (κ2) is 8.12. The van der Waals surface area contributed by atoms with Gasteiger partial charge >= 0.3 is 0 Å². The second-order valence-corrected chi connectivity index (χ2v) is 6.50. The summed E-state index contributed by atoms with van der Waals surface area (Å²) >= 11 is 0. The third-order valence-corrected chi connectivity index (χ3v) is 4.76. The molecule has 2 aromatic rings. The minimum absolute atomic E-state index is 0.00500. The van der Waals surface area contributed by atoms with Gasteiger partial charge in [0.2, 0.25) is 0 Å². The Balaban J connectivity index is 1.67. The van der Waals surface area contributed by atoms with Crippen LogP contribution in [-0.4, -0.2) is 60.5 Å². The minimum atomic E-state index is 0.00500. The van der Waals surface area contributed by atoms with Crippen molar-refractivity contribution in [3.8, 4) is 0 Å². The van der Waals surface area contributed by atoms with E-state index < -0.39 is 0 Å². The highest BCUT2D eigenvalue weighted by Gasteiger charge is 2.18. The Morgan fingerprint density at radius 2 is 1.84 bits per heavy atom. The fourth-order valence-electron chi connectivity index (χ4n) is 3.19. The molecule has 132 valence electrons. The Hall–Kier alpha value is -2.40. The van der Waals surface area contributed by atoms with Crippen molar-refractivity contribution in [2.75, 3.05) is 44.7 Å². The van der Waals surface area contributed by atoms with Gasteiger partial charge in [-0.25, -0.2) is 0 Å². The highest BCUT2D eigenvalue weighted by atomic mass is 16.2. The number of benzene rings is 1. The number of piperazine rings is 1. The molecule has 2 heterocycles. The van der Waals surface area contributed by atoms with Gasteiger partial charge in [-0.1, -0.05) is 37.3 Å². The standard InChI is InChI=1S/C20H26N4O/c1-3-23-9-11-24(12-10-23)19-13-18(14-21-15-19)20(25)22(2)16-17-7-5-4-6-8-17/h4-8,13-15H,3,9-12,16H2,1-2H3. The lowest BCUT2D eigenvalue weighted by atomic mass is 10.2. The molecule has 1 saturated heterocycles. The van der Waals surface area contributed by atoms with Crippen LogP contribution >= 0.6 is 0 Å². The molecule has 1 aliphatic rings. The van der Waals surface area contributed by atoms with Gasteiger partial charge in [0.15, 0.2) is 0 Å². The monoisotopic (exact) mass is 338 g/mol. The average Bonchev–Trinajstić information content (AvgIpc) is 2.68. The first kappa shape index (κ1) is 17.4. The number of nitrogens with zero attached hydrogens (tertiary/aromatic N) is 4. The maximum Gasteiger partial charge on any atom is 0.255 e. The van der Waals surface area contributed by atoms with Crippen LogP contribution < -0.4 is 4.90 Å². The summed E-state index contributed by atoms with van der Waals surface area (Å²) in [5.41, 5.74) is 2.81. The van der Waals surface area contributed by atoms with Crippen molar-refractivity contribution >= 4 is 11.6 Å². The molecule has 0 atom stereocenters.